The smallest absolute Gasteiger partial charge is 0.156 e. The molecule has 0 unspecified atom stereocenters. The van der Waals surface area contributed by atoms with E-state index in [1.54, 1.807) is 13.4 Å². The van der Waals surface area contributed by atoms with Crippen LogP contribution in [-0.2, 0) is 4.74 Å². The van der Waals surface area contributed by atoms with Crippen LogP contribution in [0.5, 0.6) is 5.75 Å². The highest BCUT2D eigenvalue weighted by Crippen LogP contribution is 2.32. The molecule has 2 atom stereocenters. The number of nitrogens with zero attached hydrogens (tertiary/aromatic N) is 3. The Balaban J connectivity index is 1.87. The third-order valence-electron chi connectivity index (χ3n) is 4.29. The van der Waals surface area contributed by atoms with Gasteiger partial charge in [0.25, 0.3) is 0 Å². The van der Waals surface area contributed by atoms with Gasteiger partial charge in [0.2, 0.25) is 0 Å². The lowest BCUT2D eigenvalue weighted by atomic mass is 10.2. The molecule has 2 aromatic heterocycles. The molecule has 6 nitrogen and oxygen atoms in total. The molecule has 1 saturated heterocycles. The number of hydrogen-bond acceptors (Lipinski definition) is 5. The number of aromatic amines is 1. The molecular weight excluding hydrogens is 292 g/mol. The van der Waals surface area contributed by atoms with Gasteiger partial charge in [-0.2, -0.15) is 0 Å². The molecule has 0 spiro atoms. The van der Waals surface area contributed by atoms with Crippen molar-refractivity contribution in [3.63, 3.8) is 0 Å². The second-order valence-corrected chi connectivity index (χ2v) is 6.12. The second-order valence-electron chi connectivity index (χ2n) is 6.12. The van der Waals surface area contributed by atoms with E-state index in [9.17, 15) is 0 Å². The minimum absolute atomic E-state index is 0.188. The van der Waals surface area contributed by atoms with Gasteiger partial charge in [-0.25, -0.2) is 9.97 Å². The molecule has 0 amide bonds. The normalized spacial score (nSPS) is 22.0. The summed E-state index contributed by atoms with van der Waals surface area (Å²) in [6.45, 7) is 5.85. The molecular formula is C17H20N4O2. The van der Waals surface area contributed by atoms with Gasteiger partial charge < -0.3 is 19.4 Å². The molecule has 4 rings (SSSR count). The predicted octanol–water partition coefficient (Wildman–Crippen LogP) is 2.73. The summed E-state index contributed by atoms with van der Waals surface area (Å²) < 4.78 is 11.2. The van der Waals surface area contributed by atoms with Crippen molar-refractivity contribution < 1.29 is 9.47 Å². The van der Waals surface area contributed by atoms with Gasteiger partial charge in [-0.1, -0.05) is 0 Å². The summed E-state index contributed by atoms with van der Waals surface area (Å²) in [4.78, 5) is 14.8. The Bertz CT molecular complexity index is 850. The Morgan fingerprint density at radius 1 is 1.22 bits per heavy atom. The summed E-state index contributed by atoms with van der Waals surface area (Å²) in [5.74, 6) is 1.76. The van der Waals surface area contributed by atoms with Gasteiger partial charge in [0.05, 0.1) is 19.3 Å². The van der Waals surface area contributed by atoms with Crippen LogP contribution in [0.25, 0.3) is 21.9 Å². The fourth-order valence-electron chi connectivity index (χ4n) is 3.38. The summed E-state index contributed by atoms with van der Waals surface area (Å²) in [5, 5.41) is 1.05. The molecule has 120 valence electrons. The zero-order chi connectivity index (χ0) is 16.0. The van der Waals surface area contributed by atoms with Gasteiger partial charge in [0, 0.05) is 24.0 Å². The van der Waals surface area contributed by atoms with Crippen LogP contribution in [0.15, 0.2) is 24.5 Å². The highest BCUT2D eigenvalue weighted by Gasteiger charge is 2.25. The topological polar surface area (TPSA) is 63.3 Å². The highest BCUT2D eigenvalue weighted by atomic mass is 16.5. The van der Waals surface area contributed by atoms with Crippen molar-refractivity contribution in [3.8, 4) is 5.75 Å². The number of morpholine rings is 1. The van der Waals surface area contributed by atoms with Gasteiger partial charge in [0.15, 0.2) is 5.82 Å². The number of methoxy groups -OCH3 is 1. The maximum Gasteiger partial charge on any atom is 0.156 e. The lowest BCUT2D eigenvalue weighted by Crippen LogP contribution is -2.46. The number of anilines is 1. The van der Waals surface area contributed by atoms with E-state index in [1.165, 1.54) is 0 Å². The fourth-order valence-corrected chi connectivity index (χ4v) is 3.38. The minimum Gasteiger partial charge on any atom is -0.497 e. The number of nitrogens with one attached hydrogen (secondary N) is 1. The van der Waals surface area contributed by atoms with E-state index in [-0.39, 0.29) is 12.2 Å². The van der Waals surface area contributed by atoms with Crippen LogP contribution in [-0.4, -0.2) is 47.4 Å². The zero-order valence-electron chi connectivity index (χ0n) is 13.5. The van der Waals surface area contributed by atoms with Crippen LogP contribution in [0.1, 0.15) is 13.8 Å². The van der Waals surface area contributed by atoms with Crippen LogP contribution >= 0.6 is 0 Å². The van der Waals surface area contributed by atoms with E-state index in [4.69, 9.17) is 9.47 Å². The van der Waals surface area contributed by atoms with Crippen molar-refractivity contribution in [1.29, 1.82) is 0 Å². The number of H-pyrrole nitrogens is 1. The summed E-state index contributed by atoms with van der Waals surface area (Å²) in [7, 11) is 1.67. The molecule has 23 heavy (non-hydrogen) atoms. The summed E-state index contributed by atoms with van der Waals surface area (Å²) in [6.07, 6.45) is 2.01. The maximum absolute atomic E-state index is 5.83. The number of benzene rings is 1. The summed E-state index contributed by atoms with van der Waals surface area (Å²) in [6, 6.07) is 5.98. The molecule has 3 aromatic rings. The molecule has 0 aliphatic carbocycles. The third-order valence-corrected chi connectivity index (χ3v) is 4.29. The number of ether oxygens (including phenoxy) is 2. The molecule has 3 heterocycles. The molecule has 1 aliphatic rings. The van der Waals surface area contributed by atoms with E-state index in [1.807, 2.05) is 18.2 Å². The van der Waals surface area contributed by atoms with Crippen molar-refractivity contribution in [2.75, 3.05) is 25.1 Å². The van der Waals surface area contributed by atoms with E-state index in [0.29, 0.717) is 0 Å². The van der Waals surface area contributed by atoms with E-state index in [2.05, 4.69) is 33.7 Å². The number of fused-ring (bicyclic) bond motifs is 3. The second kappa shape index (κ2) is 5.38. The predicted molar refractivity (Wildman–Crippen MR) is 90.2 cm³/mol. The monoisotopic (exact) mass is 312 g/mol. The number of aromatic nitrogens is 3. The summed E-state index contributed by atoms with van der Waals surface area (Å²) >= 11 is 0. The van der Waals surface area contributed by atoms with Gasteiger partial charge in [-0.15, -0.1) is 0 Å². The Morgan fingerprint density at radius 2 is 2.00 bits per heavy atom. The first kappa shape index (κ1) is 14.3. The maximum atomic E-state index is 5.83. The van der Waals surface area contributed by atoms with Crippen LogP contribution in [0.4, 0.5) is 5.82 Å². The van der Waals surface area contributed by atoms with E-state index >= 15 is 0 Å². The molecule has 6 heteroatoms. The van der Waals surface area contributed by atoms with Gasteiger partial charge in [-0.05, 0) is 32.0 Å². The molecule has 0 bridgehead atoms. The van der Waals surface area contributed by atoms with Gasteiger partial charge >= 0.3 is 0 Å². The van der Waals surface area contributed by atoms with Crippen molar-refractivity contribution in [2.45, 2.75) is 26.1 Å². The van der Waals surface area contributed by atoms with E-state index in [0.717, 1.165) is 46.6 Å². The lowest BCUT2D eigenvalue weighted by molar-refractivity contribution is -0.00537. The summed E-state index contributed by atoms with van der Waals surface area (Å²) in [5.41, 5.74) is 2.93. The van der Waals surface area contributed by atoms with Gasteiger partial charge in [0.1, 0.15) is 23.1 Å². The van der Waals surface area contributed by atoms with Crippen molar-refractivity contribution in [1.82, 2.24) is 15.0 Å². The molecule has 0 radical (unpaired) electrons. The molecule has 1 aliphatic heterocycles. The van der Waals surface area contributed by atoms with Crippen molar-refractivity contribution in [2.24, 2.45) is 0 Å². The first-order valence-corrected chi connectivity index (χ1v) is 7.86. The van der Waals surface area contributed by atoms with Crippen molar-refractivity contribution in [3.05, 3.63) is 24.5 Å². The van der Waals surface area contributed by atoms with Crippen LogP contribution in [0, 0.1) is 0 Å². The lowest BCUT2D eigenvalue weighted by Gasteiger charge is -2.36. The SMILES string of the molecule is COc1ccc2[nH]c3c(N4C[C@@H](C)O[C@H](C)C4)ncnc3c2c1. The molecule has 0 saturated carbocycles. The average molecular weight is 312 g/mol. The number of rotatable bonds is 2. The number of hydrogen-bond donors (Lipinski definition) is 1. The Morgan fingerprint density at radius 3 is 2.74 bits per heavy atom. The Labute approximate surface area is 134 Å². The third kappa shape index (κ3) is 2.39. The zero-order valence-corrected chi connectivity index (χ0v) is 13.5. The minimum atomic E-state index is 0.188. The molecule has 1 aromatic carbocycles. The first-order chi connectivity index (χ1) is 11.2. The molecule has 1 N–H and O–H groups in total. The Kier molecular flexibility index (Phi) is 3.34. The standard InChI is InChI=1S/C17H20N4O2/c1-10-7-21(8-11(2)23-10)17-16-15(18-9-19-17)13-6-12(22-3)4-5-14(13)20-16/h4-6,9-11,20H,7-8H2,1-3H3/t10-,11-/m1/s1. The quantitative estimate of drug-likeness (QED) is 0.788. The van der Waals surface area contributed by atoms with Crippen LogP contribution in [0.3, 0.4) is 0 Å². The van der Waals surface area contributed by atoms with Crippen LogP contribution in [0.2, 0.25) is 0 Å². The van der Waals surface area contributed by atoms with E-state index < -0.39 is 0 Å². The largest absolute Gasteiger partial charge is 0.497 e. The fraction of sp³-hybridized carbons (Fsp3) is 0.412. The Hall–Kier alpha value is -2.34. The average Bonchev–Trinajstić information content (AvgIpc) is 2.91. The highest BCUT2D eigenvalue weighted by molar-refractivity contribution is 6.08. The van der Waals surface area contributed by atoms with Gasteiger partial charge in [-0.3, -0.25) is 0 Å². The van der Waals surface area contributed by atoms with Crippen LogP contribution < -0.4 is 9.64 Å². The first-order valence-electron chi connectivity index (χ1n) is 7.86. The van der Waals surface area contributed by atoms with Crippen molar-refractivity contribution >= 4 is 27.8 Å². The molecule has 1 fully saturated rings.